The molecule has 2 rings (SSSR count). The molecule has 2 aromatic rings. The Balaban J connectivity index is 1.98. The number of aliphatic hydroxyl groups is 1. The van der Waals surface area contributed by atoms with Crippen molar-refractivity contribution in [2.45, 2.75) is 19.7 Å². The highest BCUT2D eigenvalue weighted by Crippen LogP contribution is 2.31. The summed E-state index contributed by atoms with van der Waals surface area (Å²) in [6.07, 6.45) is -4.47. The largest absolute Gasteiger partial charge is 0.484 e. The molecule has 0 fully saturated rings. The molecule has 0 saturated heterocycles. The second-order valence-corrected chi connectivity index (χ2v) is 5.23. The predicted octanol–water partition coefficient (Wildman–Crippen LogP) is 3.52. The second-order valence-electron chi connectivity index (χ2n) is 5.23. The Labute approximate surface area is 136 Å². The Morgan fingerprint density at radius 2 is 1.96 bits per heavy atom. The van der Waals surface area contributed by atoms with E-state index in [9.17, 15) is 18.0 Å². The van der Waals surface area contributed by atoms with E-state index in [1.165, 1.54) is 12.1 Å². The molecule has 4 nitrogen and oxygen atoms in total. The van der Waals surface area contributed by atoms with Gasteiger partial charge in [-0.3, -0.25) is 4.79 Å². The molecule has 0 radical (unpaired) electrons. The molecule has 128 valence electrons. The molecule has 0 saturated carbocycles. The number of amides is 1. The molecule has 0 aliphatic heterocycles. The third-order valence-corrected chi connectivity index (χ3v) is 3.13. The molecule has 2 aromatic carbocycles. The van der Waals surface area contributed by atoms with Gasteiger partial charge in [0.15, 0.2) is 6.61 Å². The average Bonchev–Trinajstić information content (AvgIpc) is 2.52. The lowest BCUT2D eigenvalue weighted by atomic mass is 10.1. The van der Waals surface area contributed by atoms with Gasteiger partial charge in [-0.05, 0) is 48.4 Å². The van der Waals surface area contributed by atoms with Crippen molar-refractivity contribution in [3.05, 3.63) is 59.2 Å². The number of anilines is 1. The maximum absolute atomic E-state index is 12.6. The summed E-state index contributed by atoms with van der Waals surface area (Å²) in [4.78, 5) is 11.9. The minimum absolute atomic E-state index is 0.0414. The van der Waals surface area contributed by atoms with Crippen LogP contribution in [0.2, 0.25) is 0 Å². The molecular formula is C17H16F3NO3. The van der Waals surface area contributed by atoms with Gasteiger partial charge < -0.3 is 15.2 Å². The van der Waals surface area contributed by atoms with Crippen LogP contribution < -0.4 is 10.1 Å². The zero-order valence-corrected chi connectivity index (χ0v) is 12.9. The summed E-state index contributed by atoms with van der Waals surface area (Å²) in [7, 11) is 0. The Morgan fingerprint density at radius 1 is 1.21 bits per heavy atom. The molecule has 0 unspecified atom stereocenters. The number of alkyl halides is 3. The first-order chi connectivity index (χ1) is 11.3. The van der Waals surface area contributed by atoms with Gasteiger partial charge >= 0.3 is 6.18 Å². The lowest BCUT2D eigenvalue weighted by Gasteiger charge is -2.11. The maximum atomic E-state index is 12.6. The fraction of sp³-hybridized carbons (Fsp3) is 0.235. The molecule has 0 heterocycles. The number of benzene rings is 2. The zero-order chi connectivity index (χ0) is 17.7. The summed E-state index contributed by atoms with van der Waals surface area (Å²) in [6.45, 7) is 1.23. The van der Waals surface area contributed by atoms with Gasteiger partial charge in [-0.15, -0.1) is 0 Å². The van der Waals surface area contributed by atoms with Crippen LogP contribution in [0.25, 0.3) is 0 Å². The van der Waals surface area contributed by atoms with Crippen LogP contribution in [0.1, 0.15) is 16.7 Å². The normalized spacial score (nSPS) is 11.2. The van der Waals surface area contributed by atoms with Crippen LogP contribution in [0.5, 0.6) is 5.75 Å². The van der Waals surface area contributed by atoms with Gasteiger partial charge in [-0.25, -0.2) is 0 Å². The van der Waals surface area contributed by atoms with Crippen molar-refractivity contribution in [1.29, 1.82) is 0 Å². The quantitative estimate of drug-likeness (QED) is 0.876. The maximum Gasteiger partial charge on any atom is 0.416 e. The van der Waals surface area contributed by atoms with E-state index < -0.39 is 24.3 Å². The summed E-state index contributed by atoms with van der Waals surface area (Å²) >= 11 is 0. The lowest BCUT2D eigenvalue weighted by molar-refractivity contribution is -0.137. The number of nitrogens with one attached hydrogen (secondary N) is 1. The van der Waals surface area contributed by atoms with Crippen LogP contribution in [-0.4, -0.2) is 17.6 Å². The summed E-state index contributed by atoms with van der Waals surface area (Å²) < 4.78 is 42.9. The third kappa shape index (κ3) is 4.99. The van der Waals surface area contributed by atoms with Crippen molar-refractivity contribution < 1.29 is 27.8 Å². The lowest BCUT2D eigenvalue weighted by Crippen LogP contribution is -2.20. The average molecular weight is 339 g/mol. The van der Waals surface area contributed by atoms with E-state index in [1.807, 2.05) is 6.92 Å². The van der Waals surface area contributed by atoms with Crippen molar-refractivity contribution in [2.24, 2.45) is 0 Å². The highest BCUT2D eigenvalue weighted by molar-refractivity contribution is 5.92. The van der Waals surface area contributed by atoms with Gasteiger partial charge in [0.25, 0.3) is 5.91 Å². The number of halogens is 3. The van der Waals surface area contributed by atoms with Gasteiger partial charge in [0.2, 0.25) is 0 Å². The highest BCUT2D eigenvalue weighted by Gasteiger charge is 2.30. The van der Waals surface area contributed by atoms with Crippen molar-refractivity contribution >= 4 is 11.6 Å². The molecule has 0 aliphatic carbocycles. The number of aryl methyl sites for hydroxylation is 1. The fourth-order valence-corrected chi connectivity index (χ4v) is 2.13. The van der Waals surface area contributed by atoms with E-state index in [4.69, 9.17) is 9.84 Å². The molecule has 7 heteroatoms. The standard InChI is InChI=1S/C17H16F3NO3/c1-11-5-12(9-22)7-14(6-11)21-16(23)10-24-15-4-2-3-13(8-15)17(18,19)20/h2-8,22H,9-10H2,1H3,(H,21,23). The zero-order valence-electron chi connectivity index (χ0n) is 12.9. The van der Waals surface area contributed by atoms with Crippen molar-refractivity contribution in [3.63, 3.8) is 0 Å². The SMILES string of the molecule is Cc1cc(CO)cc(NC(=O)COc2cccc(C(F)(F)F)c2)c1. The Bertz CT molecular complexity index is 729. The van der Waals surface area contributed by atoms with E-state index in [-0.39, 0.29) is 12.4 Å². The van der Waals surface area contributed by atoms with Crippen LogP contribution in [-0.2, 0) is 17.6 Å². The number of carbonyl (C=O) groups excluding carboxylic acids is 1. The van der Waals surface area contributed by atoms with Crippen LogP contribution in [0, 0.1) is 6.92 Å². The van der Waals surface area contributed by atoms with Gasteiger partial charge in [0.05, 0.1) is 12.2 Å². The number of rotatable bonds is 5. The van der Waals surface area contributed by atoms with Gasteiger partial charge in [0, 0.05) is 5.69 Å². The summed E-state index contributed by atoms with van der Waals surface area (Å²) in [5.41, 5.74) is 1.14. The number of carbonyl (C=O) groups is 1. The molecular weight excluding hydrogens is 323 g/mol. The summed E-state index contributed by atoms with van der Waals surface area (Å²) in [6, 6.07) is 9.41. The number of aliphatic hydroxyl groups excluding tert-OH is 1. The topological polar surface area (TPSA) is 58.6 Å². The van der Waals surface area contributed by atoms with Crippen LogP contribution >= 0.6 is 0 Å². The smallest absolute Gasteiger partial charge is 0.416 e. The Morgan fingerprint density at radius 3 is 2.62 bits per heavy atom. The molecule has 0 bridgehead atoms. The molecule has 1 amide bonds. The first-order valence-corrected chi connectivity index (χ1v) is 7.09. The summed E-state index contributed by atoms with van der Waals surface area (Å²) in [5, 5.41) is 11.7. The fourth-order valence-electron chi connectivity index (χ4n) is 2.13. The van der Waals surface area contributed by atoms with Crippen LogP contribution in [0.15, 0.2) is 42.5 Å². The summed E-state index contributed by atoms with van der Waals surface area (Å²) in [5.74, 6) is -0.554. The van der Waals surface area contributed by atoms with Crippen molar-refractivity contribution in [2.75, 3.05) is 11.9 Å². The number of hydrogen-bond acceptors (Lipinski definition) is 3. The van der Waals surface area contributed by atoms with E-state index in [2.05, 4.69) is 5.32 Å². The third-order valence-electron chi connectivity index (χ3n) is 3.13. The second kappa shape index (κ2) is 7.35. The number of ether oxygens (including phenoxy) is 1. The van der Waals surface area contributed by atoms with Crippen LogP contribution in [0.4, 0.5) is 18.9 Å². The van der Waals surface area contributed by atoms with E-state index in [0.29, 0.717) is 11.3 Å². The van der Waals surface area contributed by atoms with Crippen LogP contribution in [0.3, 0.4) is 0 Å². The Hall–Kier alpha value is -2.54. The molecule has 0 aliphatic rings. The van der Waals surface area contributed by atoms with Gasteiger partial charge in [-0.2, -0.15) is 13.2 Å². The van der Waals surface area contributed by atoms with Gasteiger partial charge in [-0.1, -0.05) is 12.1 Å². The van der Waals surface area contributed by atoms with Crippen molar-refractivity contribution in [1.82, 2.24) is 0 Å². The molecule has 0 aromatic heterocycles. The number of hydrogen-bond donors (Lipinski definition) is 2. The molecule has 24 heavy (non-hydrogen) atoms. The highest BCUT2D eigenvalue weighted by atomic mass is 19.4. The first kappa shape index (κ1) is 17.8. The predicted molar refractivity (Wildman–Crippen MR) is 82.7 cm³/mol. The van der Waals surface area contributed by atoms with E-state index in [1.54, 1.807) is 18.2 Å². The molecule has 0 spiro atoms. The van der Waals surface area contributed by atoms with E-state index >= 15 is 0 Å². The molecule has 2 N–H and O–H groups in total. The minimum Gasteiger partial charge on any atom is -0.484 e. The van der Waals surface area contributed by atoms with E-state index in [0.717, 1.165) is 17.7 Å². The van der Waals surface area contributed by atoms with Crippen molar-refractivity contribution in [3.8, 4) is 5.75 Å². The minimum atomic E-state index is -4.47. The monoisotopic (exact) mass is 339 g/mol. The van der Waals surface area contributed by atoms with Gasteiger partial charge in [0.1, 0.15) is 5.75 Å². The Kier molecular flexibility index (Phi) is 5.46. The first-order valence-electron chi connectivity index (χ1n) is 7.09. The molecule has 0 atom stereocenters.